The summed E-state index contributed by atoms with van der Waals surface area (Å²) < 4.78 is 6.63. The second-order valence-corrected chi connectivity index (χ2v) is 8.43. The number of phenolic OH excluding ortho intramolecular Hbond substituents is 1. The predicted octanol–water partition coefficient (Wildman–Crippen LogP) is 2.98. The lowest BCUT2D eigenvalue weighted by molar-refractivity contribution is -0.906. The lowest BCUT2D eigenvalue weighted by atomic mass is 9.90. The lowest BCUT2D eigenvalue weighted by Crippen LogP contribution is -3.13. The van der Waals surface area contributed by atoms with E-state index >= 15 is 0 Å². The van der Waals surface area contributed by atoms with Crippen molar-refractivity contribution in [3.05, 3.63) is 58.6 Å². The van der Waals surface area contributed by atoms with Crippen molar-refractivity contribution in [3.8, 4) is 11.5 Å². The Labute approximate surface area is 170 Å². The van der Waals surface area contributed by atoms with Gasteiger partial charge in [0.1, 0.15) is 11.5 Å². The molecule has 0 aliphatic carbocycles. The van der Waals surface area contributed by atoms with Gasteiger partial charge in [0.05, 0.1) is 44.2 Å². The molecule has 5 rings (SSSR count). The van der Waals surface area contributed by atoms with Gasteiger partial charge in [0, 0.05) is 22.6 Å². The van der Waals surface area contributed by atoms with E-state index in [4.69, 9.17) is 21.4 Å². The standard InChI is InChI=1S/C22H24ClN3O2/c1-2-25-10-8-22(9-11-25)26-20(18-13-16(23)6-7-21(18)28-22)14-19(24-26)15-4-3-5-17(27)12-15/h3-7,12-13,20,27H,2,8-11,14H2,1H3/p+1/t20-/m0/s1. The molecule has 0 bridgehead atoms. The molecule has 3 aliphatic heterocycles. The summed E-state index contributed by atoms with van der Waals surface area (Å²) in [5, 5.41) is 17.9. The van der Waals surface area contributed by atoms with Crippen molar-refractivity contribution < 1.29 is 14.7 Å². The number of phenols is 1. The number of nitrogens with one attached hydrogen (secondary N) is 1. The number of nitrogens with zero attached hydrogens (tertiary/aromatic N) is 2. The number of piperidine rings is 1. The zero-order valence-corrected chi connectivity index (χ0v) is 16.7. The van der Waals surface area contributed by atoms with Gasteiger partial charge in [-0.25, -0.2) is 5.01 Å². The third kappa shape index (κ3) is 2.85. The number of ether oxygens (including phenoxy) is 1. The Morgan fingerprint density at radius 3 is 2.82 bits per heavy atom. The lowest BCUT2D eigenvalue weighted by Gasteiger charge is -2.50. The first-order chi connectivity index (χ1) is 13.6. The van der Waals surface area contributed by atoms with Gasteiger partial charge < -0.3 is 14.7 Å². The second-order valence-electron chi connectivity index (χ2n) is 8.00. The largest absolute Gasteiger partial charge is 0.508 e. The van der Waals surface area contributed by atoms with Crippen LogP contribution in [-0.2, 0) is 0 Å². The van der Waals surface area contributed by atoms with E-state index in [1.165, 1.54) is 0 Å². The number of hydrogen-bond acceptors (Lipinski definition) is 4. The molecule has 2 aromatic carbocycles. The van der Waals surface area contributed by atoms with Crippen molar-refractivity contribution in [3.63, 3.8) is 0 Å². The number of hydrogen-bond donors (Lipinski definition) is 2. The van der Waals surface area contributed by atoms with E-state index in [1.807, 2.05) is 30.3 Å². The fourth-order valence-corrected chi connectivity index (χ4v) is 4.97. The van der Waals surface area contributed by atoms with E-state index in [0.29, 0.717) is 5.02 Å². The van der Waals surface area contributed by atoms with E-state index in [0.717, 1.165) is 61.5 Å². The summed E-state index contributed by atoms with van der Waals surface area (Å²) in [5.74, 6) is 1.19. The summed E-state index contributed by atoms with van der Waals surface area (Å²) >= 11 is 6.31. The smallest absolute Gasteiger partial charge is 0.208 e. The monoisotopic (exact) mass is 398 g/mol. The molecule has 0 aromatic heterocycles. The highest BCUT2D eigenvalue weighted by Crippen LogP contribution is 2.49. The second kappa shape index (κ2) is 6.68. The zero-order chi connectivity index (χ0) is 19.3. The summed E-state index contributed by atoms with van der Waals surface area (Å²) in [6, 6.07) is 13.4. The van der Waals surface area contributed by atoms with Gasteiger partial charge in [0.25, 0.3) is 0 Å². The summed E-state index contributed by atoms with van der Waals surface area (Å²) in [5.41, 5.74) is 2.65. The van der Waals surface area contributed by atoms with Crippen LogP contribution in [0.15, 0.2) is 47.6 Å². The van der Waals surface area contributed by atoms with Gasteiger partial charge in [-0.15, -0.1) is 0 Å². The van der Waals surface area contributed by atoms with E-state index in [-0.39, 0.29) is 11.8 Å². The Morgan fingerprint density at radius 2 is 2.07 bits per heavy atom. The van der Waals surface area contributed by atoms with Crippen molar-refractivity contribution in [2.24, 2.45) is 5.10 Å². The fraction of sp³-hybridized carbons (Fsp3) is 0.409. The first-order valence-corrected chi connectivity index (χ1v) is 10.4. The van der Waals surface area contributed by atoms with Gasteiger partial charge in [-0.1, -0.05) is 23.7 Å². The zero-order valence-electron chi connectivity index (χ0n) is 16.0. The number of aromatic hydroxyl groups is 1. The van der Waals surface area contributed by atoms with Crippen LogP contribution in [-0.4, -0.2) is 41.2 Å². The molecule has 0 radical (unpaired) electrons. The SMILES string of the molecule is CC[NH+]1CCC2(CC1)Oc1ccc(Cl)cc1[C@@H]1CC(c3cccc(O)c3)=NN12. The molecule has 3 aliphatic rings. The first-order valence-electron chi connectivity index (χ1n) is 10.1. The molecule has 1 saturated heterocycles. The molecule has 2 aromatic rings. The van der Waals surface area contributed by atoms with Crippen LogP contribution in [0.2, 0.25) is 5.02 Å². The van der Waals surface area contributed by atoms with Crippen LogP contribution in [0, 0.1) is 0 Å². The molecule has 6 heteroatoms. The molecular formula is C22H25ClN3O2+. The molecule has 0 amide bonds. The number of likely N-dealkylation sites (tertiary alicyclic amines) is 1. The predicted molar refractivity (Wildman–Crippen MR) is 109 cm³/mol. The number of fused-ring (bicyclic) bond motifs is 4. The van der Waals surface area contributed by atoms with E-state index in [2.05, 4.69) is 11.9 Å². The van der Waals surface area contributed by atoms with Crippen LogP contribution in [0.5, 0.6) is 11.5 Å². The molecule has 1 fully saturated rings. The Hall–Kier alpha value is -2.24. The third-order valence-electron chi connectivity index (χ3n) is 6.38. The molecular weight excluding hydrogens is 374 g/mol. The fourth-order valence-electron chi connectivity index (χ4n) is 4.79. The van der Waals surface area contributed by atoms with Gasteiger partial charge in [0.15, 0.2) is 0 Å². The van der Waals surface area contributed by atoms with Gasteiger partial charge in [-0.05, 0) is 37.3 Å². The number of halogens is 1. The third-order valence-corrected chi connectivity index (χ3v) is 6.61. The molecule has 5 nitrogen and oxygen atoms in total. The highest BCUT2D eigenvalue weighted by Gasteiger charge is 2.52. The molecule has 1 atom stereocenters. The molecule has 0 saturated carbocycles. The van der Waals surface area contributed by atoms with Crippen LogP contribution < -0.4 is 9.64 Å². The highest BCUT2D eigenvalue weighted by atomic mass is 35.5. The number of hydrazone groups is 1. The van der Waals surface area contributed by atoms with Crippen molar-refractivity contribution in [1.29, 1.82) is 0 Å². The Morgan fingerprint density at radius 1 is 1.25 bits per heavy atom. The normalized spacial score (nSPS) is 28.5. The molecule has 146 valence electrons. The number of quaternary nitrogens is 1. The van der Waals surface area contributed by atoms with Crippen molar-refractivity contribution in [2.75, 3.05) is 19.6 Å². The minimum Gasteiger partial charge on any atom is -0.508 e. The molecule has 0 unspecified atom stereocenters. The number of benzene rings is 2. The molecule has 28 heavy (non-hydrogen) atoms. The van der Waals surface area contributed by atoms with E-state index in [9.17, 15) is 5.11 Å². The molecule has 2 N–H and O–H groups in total. The minimum absolute atomic E-state index is 0.114. The average molecular weight is 399 g/mol. The van der Waals surface area contributed by atoms with Crippen LogP contribution in [0.4, 0.5) is 0 Å². The topological polar surface area (TPSA) is 49.5 Å². The van der Waals surface area contributed by atoms with E-state index < -0.39 is 5.72 Å². The minimum atomic E-state index is -0.400. The van der Waals surface area contributed by atoms with Gasteiger partial charge in [-0.3, -0.25) is 0 Å². The summed E-state index contributed by atoms with van der Waals surface area (Å²) in [7, 11) is 0. The van der Waals surface area contributed by atoms with Crippen LogP contribution in [0.1, 0.15) is 43.4 Å². The van der Waals surface area contributed by atoms with Crippen molar-refractivity contribution in [2.45, 2.75) is 38.0 Å². The summed E-state index contributed by atoms with van der Waals surface area (Å²) in [6.07, 6.45) is 2.68. The number of rotatable bonds is 2. The Balaban J connectivity index is 1.57. The summed E-state index contributed by atoms with van der Waals surface area (Å²) in [6.45, 7) is 5.55. The van der Waals surface area contributed by atoms with Crippen molar-refractivity contribution >= 4 is 17.3 Å². The maximum absolute atomic E-state index is 9.91. The quantitative estimate of drug-likeness (QED) is 0.817. The maximum atomic E-state index is 9.91. The Kier molecular flexibility index (Phi) is 4.25. The summed E-state index contributed by atoms with van der Waals surface area (Å²) in [4.78, 5) is 1.61. The van der Waals surface area contributed by atoms with Crippen LogP contribution in [0.3, 0.4) is 0 Å². The van der Waals surface area contributed by atoms with Crippen LogP contribution >= 0.6 is 11.6 Å². The van der Waals surface area contributed by atoms with Gasteiger partial charge in [0.2, 0.25) is 5.72 Å². The van der Waals surface area contributed by atoms with Gasteiger partial charge >= 0.3 is 0 Å². The first kappa shape index (κ1) is 17.8. The Bertz CT molecular complexity index is 937. The highest BCUT2D eigenvalue weighted by molar-refractivity contribution is 6.30. The average Bonchev–Trinajstić information content (AvgIpc) is 3.16. The molecule has 1 spiro atoms. The maximum Gasteiger partial charge on any atom is 0.208 e. The molecule has 3 heterocycles. The van der Waals surface area contributed by atoms with Crippen molar-refractivity contribution in [1.82, 2.24) is 5.01 Å². The van der Waals surface area contributed by atoms with E-state index in [1.54, 1.807) is 17.0 Å². The van der Waals surface area contributed by atoms with Crippen LogP contribution in [0.25, 0.3) is 0 Å². The van der Waals surface area contributed by atoms with Gasteiger partial charge in [-0.2, -0.15) is 5.10 Å².